The molecule has 1 rings (SSSR count). The lowest BCUT2D eigenvalue weighted by atomic mass is 10.2. The smallest absolute Gasteiger partial charge is 0.126 e. The Labute approximate surface area is 99.6 Å². The fourth-order valence-electron chi connectivity index (χ4n) is 1.18. The van der Waals surface area contributed by atoms with Gasteiger partial charge < -0.3 is 9.84 Å². The fourth-order valence-corrected chi connectivity index (χ4v) is 1.90. The first-order chi connectivity index (χ1) is 7.29. The summed E-state index contributed by atoms with van der Waals surface area (Å²) in [6, 6.07) is 5.40. The van der Waals surface area contributed by atoms with Crippen molar-refractivity contribution in [3.63, 3.8) is 0 Å². The molecule has 0 spiro atoms. The maximum absolute atomic E-state index is 9.13. The molecule has 0 atom stereocenters. The number of aliphatic hydroxyl groups is 1. The Morgan fingerprint density at radius 1 is 1.47 bits per heavy atom. The summed E-state index contributed by atoms with van der Waals surface area (Å²) in [5.41, 5.74) is 0.667. The highest BCUT2D eigenvalue weighted by molar-refractivity contribution is 7.99. The molecular formula is C11H15ClO2S. The molecule has 0 aliphatic rings. The van der Waals surface area contributed by atoms with Gasteiger partial charge in [0, 0.05) is 16.3 Å². The fraction of sp³-hybridized carbons (Fsp3) is 0.455. The number of ether oxygens (including phenoxy) is 1. The molecule has 84 valence electrons. The molecule has 0 aliphatic carbocycles. The van der Waals surface area contributed by atoms with Crippen molar-refractivity contribution in [1.82, 2.24) is 0 Å². The van der Waals surface area contributed by atoms with Crippen molar-refractivity contribution in [2.24, 2.45) is 0 Å². The molecule has 1 aromatic rings. The van der Waals surface area contributed by atoms with Crippen LogP contribution in [-0.4, -0.2) is 23.2 Å². The van der Waals surface area contributed by atoms with Gasteiger partial charge in [-0.05, 0) is 17.9 Å². The molecule has 0 saturated heterocycles. The predicted molar refractivity (Wildman–Crippen MR) is 65.9 cm³/mol. The summed E-state index contributed by atoms with van der Waals surface area (Å²) in [5, 5.41) is 9.69. The van der Waals surface area contributed by atoms with Crippen molar-refractivity contribution in [1.29, 1.82) is 0 Å². The summed E-state index contributed by atoms with van der Waals surface area (Å²) in [4.78, 5) is 0. The van der Waals surface area contributed by atoms with Crippen molar-refractivity contribution in [2.45, 2.75) is 13.5 Å². The zero-order valence-corrected chi connectivity index (χ0v) is 10.3. The van der Waals surface area contributed by atoms with Crippen LogP contribution >= 0.6 is 23.4 Å². The molecule has 0 saturated carbocycles. The van der Waals surface area contributed by atoms with Gasteiger partial charge in [-0.2, -0.15) is 11.8 Å². The number of rotatable bonds is 6. The van der Waals surface area contributed by atoms with E-state index in [1.807, 2.05) is 23.9 Å². The molecule has 1 N–H and O–H groups in total. The molecule has 0 heterocycles. The number of thioether (sulfide) groups is 1. The van der Waals surface area contributed by atoms with Gasteiger partial charge in [0.15, 0.2) is 0 Å². The highest BCUT2D eigenvalue weighted by atomic mass is 35.5. The van der Waals surface area contributed by atoms with Crippen molar-refractivity contribution < 1.29 is 9.84 Å². The molecule has 0 unspecified atom stereocenters. The third-order valence-corrected chi connectivity index (χ3v) is 3.14. The molecule has 2 nitrogen and oxygen atoms in total. The highest BCUT2D eigenvalue weighted by Gasteiger charge is 2.06. The molecule has 15 heavy (non-hydrogen) atoms. The van der Waals surface area contributed by atoms with E-state index >= 15 is 0 Å². The van der Waals surface area contributed by atoms with Gasteiger partial charge in [0.1, 0.15) is 5.75 Å². The molecule has 0 fully saturated rings. The van der Waals surface area contributed by atoms with Gasteiger partial charge in [-0.15, -0.1) is 0 Å². The number of hydrogen-bond acceptors (Lipinski definition) is 3. The summed E-state index contributed by atoms with van der Waals surface area (Å²) < 4.78 is 5.55. The van der Waals surface area contributed by atoms with E-state index in [2.05, 4.69) is 6.92 Å². The van der Waals surface area contributed by atoms with Crippen LogP contribution in [0.4, 0.5) is 0 Å². The maximum atomic E-state index is 9.13. The number of aliphatic hydroxyl groups excluding tert-OH is 1. The zero-order chi connectivity index (χ0) is 11.1. The van der Waals surface area contributed by atoms with E-state index in [0.29, 0.717) is 22.9 Å². The Hall–Kier alpha value is -0.380. The van der Waals surface area contributed by atoms with Crippen molar-refractivity contribution in [3.8, 4) is 5.75 Å². The molecule has 0 aromatic heterocycles. The van der Waals surface area contributed by atoms with Crippen molar-refractivity contribution in [3.05, 3.63) is 28.8 Å². The minimum atomic E-state index is -0.0874. The van der Waals surface area contributed by atoms with Crippen molar-refractivity contribution in [2.75, 3.05) is 18.1 Å². The third kappa shape index (κ3) is 3.93. The largest absolute Gasteiger partial charge is 0.492 e. The van der Waals surface area contributed by atoms with Crippen LogP contribution in [-0.2, 0) is 6.61 Å². The van der Waals surface area contributed by atoms with E-state index in [1.54, 1.807) is 6.07 Å². The lowest BCUT2D eigenvalue weighted by Gasteiger charge is -2.10. The second-order valence-electron chi connectivity index (χ2n) is 2.92. The van der Waals surface area contributed by atoms with Gasteiger partial charge in [0.05, 0.1) is 13.2 Å². The summed E-state index contributed by atoms with van der Waals surface area (Å²) in [7, 11) is 0. The summed E-state index contributed by atoms with van der Waals surface area (Å²) >= 11 is 7.75. The maximum Gasteiger partial charge on any atom is 0.126 e. The Morgan fingerprint density at radius 2 is 2.27 bits per heavy atom. The highest BCUT2D eigenvalue weighted by Crippen LogP contribution is 2.26. The Balaban J connectivity index is 2.56. The molecule has 0 aliphatic heterocycles. The normalized spacial score (nSPS) is 10.3. The van der Waals surface area contributed by atoms with E-state index in [9.17, 15) is 0 Å². The third-order valence-electron chi connectivity index (χ3n) is 1.92. The van der Waals surface area contributed by atoms with Crippen LogP contribution in [0.25, 0.3) is 0 Å². The number of benzene rings is 1. The molecular weight excluding hydrogens is 232 g/mol. The first-order valence-corrected chi connectivity index (χ1v) is 6.41. The monoisotopic (exact) mass is 246 g/mol. The number of halogens is 1. The summed E-state index contributed by atoms with van der Waals surface area (Å²) in [5.74, 6) is 2.72. The van der Waals surface area contributed by atoms with Crippen LogP contribution in [0.15, 0.2) is 18.2 Å². The number of hydrogen-bond donors (Lipinski definition) is 1. The van der Waals surface area contributed by atoms with Crippen LogP contribution < -0.4 is 4.74 Å². The minimum Gasteiger partial charge on any atom is -0.492 e. The SMILES string of the molecule is CCSCCOc1cccc(Cl)c1CO. The van der Waals surface area contributed by atoms with Crippen LogP contribution in [0.2, 0.25) is 5.02 Å². The van der Waals surface area contributed by atoms with Crippen LogP contribution in [0.5, 0.6) is 5.75 Å². The van der Waals surface area contributed by atoms with Gasteiger partial charge in [-0.1, -0.05) is 24.6 Å². The average molecular weight is 247 g/mol. The lowest BCUT2D eigenvalue weighted by molar-refractivity contribution is 0.267. The van der Waals surface area contributed by atoms with Gasteiger partial charge in [0.2, 0.25) is 0 Å². The second kappa shape index (κ2) is 6.99. The van der Waals surface area contributed by atoms with Crippen molar-refractivity contribution >= 4 is 23.4 Å². The van der Waals surface area contributed by atoms with Crippen LogP contribution in [0, 0.1) is 0 Å². The predicted octanol–water partition coefficient (Wildman–Crippen LogP) is 2.96. The van der Waals surface area contributed by atoms with Crippen LogP contribution in [0.3, 0.4) is 0 Å². The Kier molecular flexibility index (Phi) is 5.91. The van der Waals surface area contributed by atoms with Gasteiger partial charge >= 0.3 is 0 Å². The van der Waals surface area contributed by atoms with Gasteiger partial charge in [-0.3, -0.25) is 0 Å². The van der Waals surface area contributed by atoms with E-state index in [-0.39, 0.29) is 6.61 Å². The van der Waals surface area contributed by atoms with E-state index in [1.165, 1.54) is 0 Å². The average Bonchev–Trinajstić information content (AvgIpc) is 2.24. The second-order valence-corrected chi connectivity index (χ2v) is 4.72. The summed E-state index contributed by atoms with van der Waals surface area (Å²) in [6.07, 6.45) is 0. The molecule has 4 heteroatoms. The van der Waals surface area contributed by atoms with E-state index in [0.717, 1.165) is 11.5 Å². The quantitative estimate of drug-likeness (QED) is 0.783. The van der Waals surface area contributed by atoms with E-state index in [4.69, 9.17) is 21.4 Å². The van der Waals surface area contributed by atoms with Gasteiger partial charge in [0.25, 0.3) is 0 Å². The van der Waals surface area contributed by atoms with Crippen LogP contribution in [0.1, 0.15) is 12.5 Å². The Bertz CT molecular complexity index is 305. The molecule has 0 amide bonds. The van der Waals surface area contributed by atoms with Gasteiger partial charge in [-0.25, -0.2) is 0 Å². The van der Waals surface area contributed by atoms with E-state index < -0.39 is 0 Å². The zero-order valence-electron chi connectivity index (χ0n) is 8.70. The summed E-state index contributed by atoms with van der Waals surface area (Å²) in [6.45, 7) is 2.67. The lowest BCUT2D eigenvalue weighted by Crippen LogP contribution is -2.03. The Morgan fingerprint density at radius 3 is 2.93 bits per heavy atom. The minimum absolute atomic E-state index is 0.0874. The topological polar surface area (TPSA) is 29.5 Å². The molecule has 0 radical (unpaired) electrons. The molecule has 0 bridgehead atoms. The standard InChI is InChI=1S/C11H15ClO2S/c1-2-15-7-6-14-11-5-3-4-10(12)9(11)8-13/h3-5,13H,2,6-8H2,1H3. The molecule has 1 aromatic carbocycles. The first-order valence-electron chi connectivity index (χ1n) is 4.88. The first kappa shape index (κ1) is 12.7.